The lowest BCUT2D eigenvalue weighted by atomic mass is 10.2. The topological polar surface area (TPSA) is 55.9 Å². The van der Waals surface area contributed by atoms with E-state index in [1.54, 1.807) is 6.33 Å². The molecule has 0 radical (unpaired) electrons. The Balaban J connectivity index is 2.54. The Morgan fingerprint density at radius 2 is 2.57 bits per heavy atom. The molecule has 0 fully saturated rings. The largest absolute Gasteiger partial charge is 0.336 e. The predicted octanol–water partition coefficient (Wildman–Crippen LogP) is 0.586. The molecule has 1 atom stereocenters. The van der Waals surface area contributed by atoms with E-state index in [2.05, 4.69) is 16.9 Å². The second kappa shape index (κ2) is 5.57. The molecule has 0 saturated carbocycles. The van der Waals surface area contributed by atoms with Crippen molar-refractivity contribution in [2.75, 3.05) is 13.1 Å². The van der Waals surface area contributed by atoms with Gasteiger partial charge in [0.2, 0.25) is 0 Å². The molecule has 0 aromatic carbocycles. The van der Waals surface area contributed by atoms with Gasteiger partial charge in [0.1, 0.15) is 0 Å². The van der Waals surface area contributed by atoms with Crippen LogP contribution in [0.4, 0.5) is 0 Å². The molecule has 1 unspecified atom stereocenters. The van der Waals surface area contributed by atoms with Crippen molar-refractivity contribution in [2.45, 2.75) is 12.5 Å². The van der Waals surface area contributed by atoms with Crippen LogP contribution in [0.15, 0.2) is 25.2 Å². The lowest BCUT2D eigenvalue weighted by Gasteiger charge is -2.16. The summed E-state index contributed by atoms with van der Waals surface area (Å²) >= 11 is 0. The summed E-state index contributed by atoms with van der Waals surface area (Å²) < 4.78 is 1.98. The van der Waals surface area contributed by atoms with Crippen LogP contribution in [0.2, 0.25) is 0 Å². The summed E-state index contributed by atoms with van der Waals surface area (Å²) in [4.78, 5) is 4.07. The van der Waals surface area contributed by atoms with Gasteiger partial charge in [-0.15, -0.1) is 6.58 Å². The first-order valence-electron chi connectivity index (χ1n) is 4.80. The van der Waals surface area contributed by atoms with Crippen molar-refractivity contribution in [1.29, 1.82) is 0 Å². The maximum Gasteiger partial charge on any atom is 0.0946 e. The normalized spacial score (nSPS) is 12.7. The van der Waals surface area contributed by atoms with Crippen LogP contribution in [0.25, 0.3) is 0 Å². The van der Waals surface area contributed by atoms with E-state index < -0.39 is 0 Å². The summed E-state index contributed by atoms with van der Waals surface area (Å²) in [6.07, 6.45) is 6.48. The van der Waals surface area contributed by atoms with Crippen molar-refractivity contribution < 1.29 is 0 Å². The number of aromatic nitrogens is 2. The molecule has 14 heavy (non-hydrogen) atoms. The highest BCUT2D eigenvalue weighted by Gasteiger charge is 2.11. The Morgan fingerprint density at radius 3 is 3.07 bits per heavy atom. The van der Waals surface area contributed by atoms with Crippen LogP contribution < -0.4 is 11.1 Å². The predicted molar refractivity (Wildman–Crippen MR) is 57.8 cm³/mol. The molecule has 0 aliphatic carbocycles. The Hall–Kier alpha value is -1.13. The van der Waals surface area contributed by atoms with E-state index in [9.17, 15) is 0 Å². The molecular formula is C10H18N4. The van der Waals surface area contributed by atoms with Crippen molar-refractivity contribution in [2.24, 2.45) is 12.8 Å². The second-order valence-electron chi connectivity index (χ2n) is 3.25. The molecule has 0 saturated heterocycles. The van der Waals surface area contributed by atoms with E-state index in [-0.39, 0.29) is 6.04 Å². The standard InChI is InChI=1S/C10H18N4/c1-3-4-5-13-9(6-11)10-7-12-8-14(10)2/h3,7-9,13H,1,4-6,11H2,2H3. The minimum Gasteiger partial charge on any atom is -0.336 e. The van der Waals surface area contributed by atoms with Crippen LogP contribution in [0.5, 0.6) is 0 Å². The summed E-state index contributed by atoms with van der Waals surface area (Å²) in [6, 6.07) is 0.183. The van der Waals surface area contributed by atoms with Crippen LogP contribution in [-0.2, 0) is 7.05 Å². The average molecular weight is 194 g/mol. The van der Waals surface area contributed by atoms with Gasteiger partial charge in [-0.05, 0) is 13.0 Å². The highest BCUT2D eigenvalue weighted by Crippen LogP contribution is 2.09. The van der Waals surface area contributed by atoms with Gasteiger partial charge in [-0.3, -0.25) is 0 Å². The highest BCUT2D eigenvalue weighted by atomic mass is 15.1. The maximum absolute atomic E-state index is 5.69. The molecule has 1 aromatic rings. The Morgan fingerprint density at radius 1 is 1.79 bits per heavy atom. The molecule has 0 bridgehead atoms. The Labute approximate surface area is 84.8 Å². The maximum atomic E-state index is 5.69. The number of nitrogens with two attached hydrogens (primary N) is 1. The smallest absolute Gasteiger partial charge is 0.0946 e. The van der Waals surface area contributed by atoms with Crippen molar-refractivity contribution in [1.82, 2.24) is 14.9 Å². The first kappa shape index (κ1) is 10.9. The molecule has 3 N–H and O–H groups in total. The van der Waals surface area contributed by atoms with Gasteiger partial charge < -0.3 is 15.6 Å². The lowest BCUT2D eigenvalue weighted by molar-refractivity contribution is 0.521. The van der Waals surface area contributed by atoms with E-state index >= 15 is 0 Å². The summed E-state index contributed by atoms with van der Waals surface area (Å²) in [7, 11) is 1.97. The monoisotopic (exact) mass is 194 g/mol. The van der Waals surface area contributed by atoms with Gasteiger partial charge in [0.05, 0.1) is 18.1 Å². The zero-order chi connectivity index (χ0) is 10.4. The van der Waals surface area contributed by atoms with E-state index in [1.165, 1.54) is 0 Å². The summed E-state index contributed by atoms with van der Waals surface area (Å²) in [5, 5.41) is 3.36. The van der Waals surface area contributed by atoms with Crippen molar-refractivity contribution in [3.05, 3.63) is 30.9 Å². The fourth-order valence-electron chi connectivity index (χ4n) is 1.37. The van der Waals surface area contributed by atoms with Gasteiger partial charge in [0.25, 0.3) is 0 Å². The zero-order valence-electron chi connectivity index (χ0n) is 8.61. The minimum absolute atomic E-state index is 0.183. The van der Waals surface area contributed by atoms with Crippen LogP contribution in [-0.4, -0.2) is 22.6 Å². The van der Waals surface area contributed by atoms with Crippen LogP contribution >= 0.6 is 0 Å². The van der Waals surface area contributed by atoms with E-state index in [0.29, 0.717) is 6.54 Å². The molecule has 78 valence electrons. The van der Waals surface area contributed by atoms with Crippen LogP contribution in [0.1, 0.15) is 18.2 Å². The zero-order valence-corrected chi connectivity index (χ0v) is 8.61. The number of imidazole rings is 1. The number of hydrogen-bond donors (Lipinski definition) is 2. The summed E-state index contributed by atoms with van der Waals surface area (Å²) in [6.45, 7) is 5.15. The quantitative estimate of drug-likeness (QED) is 0.514. The fraction of sp³-hybridized carbons (Fsp3) is 0.500. The molecule has 1 aromatic heterocycles. The molecule has 1 rings (SSSR count). The molecule has 1 heterocycles. The second-order valence-corrected chi connectivity index (χ2v) is 3.25. The van der Waals surface area contributed by atoms with Gasteiger partial charge in [-0.1, -0.05) is 6.08 Å². The van der Waals surface area contributed by atoms with Crippen molar-refractivity contribution >= 4 is 0 Å². The fourth-order valence-corrected chi connectivity index (χ4v) is 1.37. The molecule has 0 amide bonds. The number of hydrogen-bond acceptors (Lipinski definition) is 3. The van der Waals surface area contributed by atoms with Gasteiger partial charge in [-0.2, -0.15) is 0 Å². The summed E-state index contributed by atoms with van der Waals surface area (Å²) in [5.41, 5.74) is 6.81. The molecular weight excluding hydrogens is 176 g/mol. The van der Waals surface area contributed by atoms with Crippen LogP contribution in [0, 0.1) is 0 Å². The summed E-state index contributed by atoms with van der Waals surface area (Å²) in [5.74, 6) is 0. The first-order valence-corrected chi connectivity index (χ1v) is 4.80. The number of rotatable bonds is 6. The highest BCUT2D eigenvalue weighted by molar-refractivity contribution is 5.05. The third kappa shape index (κ3) is 2.68. The number of nitrogens with zero attached hydrogens (tertiary/aromatic N) is 2. The molecule has 4 heteroatoms. The van der Waals surface area contributed by atoms with Gasteiger partial charge in [-0.25, -0.2) is 4.98 Å². The lowest BCUT2D eigenvalue weighted by Crippen LogP contribution is -2.30. The molecule has 0 aliphatic heterocycles. The SMILES string of the molecule is C=CCCNC(CN)c1cncn1C. The third-order valence-corrected chi connectivity index (χ3v) is 2.19. The van der Waals surface area contributed by atoms with Gasteiger partial charge in [0.15, 0.2) is 0 Å². The van der Waals surface area contributed by atoms with Gasteiger partial charge >= 0.3 is 0 Å². The average Bonchev–Trinajstić information content (AvgIpc) is 2.60. The van der Waals surface area contributed by atoms with E-state index in [4.69, 9.17) is 5.73 Å². The third-order valence-electron chi connectivity index (χ3n) is 2.19. The number of nitrogens with one attached hydrogen (secondary N) is 1. The van der Waals surface area contributed by atoms with Crippen LogP contribution in [0.3, 0.4) is 0 Å². The Bertz CT molecular complexity index is 279. The molecule has 4 nitrogen and oxygen atoms in total. The molecule has 0 spiro atoms. The van der Waals surface area contributed by atoms with Crippen molar-refractivity contribution in [3.8, 4) is 0 Å². The number of aryl methyl sites for hydroxylation is 1. The van der Waals surface area contributed by atoms with Gasteiger partial charge in [0, 0.05) is 19.8 Å². The van der Waals surface area contributed by atoms with E-state index in [0.717, 1.165) is 18.7 Å². The first-order chi connectivity index (χ1) is 6.79. The molecule has 0 aliphatic rings. The van der Waals surface area contributed by atoms with Crippen molar-refractivity contribution in [3.63, 3.8) is 0 Å². The van der Waals surface area contributed by atoms with E-state index in [1.807, 2.05) is 23.9 Å². The Kier molecular flexibility index (Phi) is 4.35. The minimum atomic E-state index is 0.183.